The number of carbonyl (C=O) groups excluding carboxylic acids is 1. The number of sulfonamides is 1. The minimum atomic E-state index is -3.58. The van der Waals surface area contributed by atoms with Crippen molar-refractivity contribution in [3.63, 3.8) is 0 Å². The standard InChI is InChI=1S/C17H19ClN2O3S/c1-3-12(2)20-24(22,23)16-9-7-13(8-10-16)17(21)19-15-6-4-5-14(18)11-15/h4-12,20H,3H2,1-2H3,(H,19,21)/t12-/m0/s1. The molecule has 0 aliphatic rings. The van der Waals surface area contributed by atoms with E-state index < -0.39 is 10.0 Å². The van der Waals surface area contributed by atoms with Crippen LogP contribution in [0.3, 0.4) is 0 Å². The average Bonchev–Trinajstić information content (AvgIpc) is 2.54. The first-order valence-corrected chi connectivity index (χ1v) is 9.37. The molecule has 0 bridgehead atoms. The van der Waals surface area contributed by atoms with Gasteiger partial charge in [0.15, 0.2) is 0 Å². The van der Waals surface area contributed by atoms with Crippen LogP contribution < -0.4 is 10.0 Å². The number of halogens is 1. The first-order valence-electron chi connectivity index (χ1n) is 7.51. The van der Waals surface area contributed by atoms with Crippen LogP contribution in [0.25, 0.3) is 0 Å². The van der Waals surface area contributed by atoms with Crippen LogP contribution in [0, 0.1) is 0 Å². The fourth-order valence-corrected chi connectivity index (χ4v) is 3.49. The van der Waals surface area contributed by atoms with Crippen LogP contribution in [-0.2, 0) is 10.0 Å². The molecule has 0 unspecified atom stereocenters. The third kappa shape index (κ3) is 4.80. The van der Waals surface area contributed by atoms with Crippen LogP contribution >= 0.6 is 11.6 Å². The van der Waals surface area contributed by atoms with E-state index in [0.717, 1.165) is 0 Å². The summed E-state index contributed by atoms with van der Waals surface area (Å²) in [5.41, 5.74) is 0.931. The fraction of sp³-hybridized carbons (Fsp3) is 0.235. The lowest BCUT2D eigenvalue weighted by Gasteiger charge is -2.12. The minimum absolute atomic E-state index is 0.127. The molecule has 1 amide bonds. The summed E-state index contributed by atoms with van der Waals surface area (Å²) < 4.78 is 26.9. The first kappa shape index (κ1) is 18.4. The van der Waals surface area contributed by atoms with E-state index >= 15 is 0 Å². The van der Waals surface area contributed by atoms with Gasteiger partial charge < -0.3 is 5.32 Å². The van der Waals surface area contributed by atoms with Crippen molar-refractivity contribution in [1.82, 2.24) is 4.72 Å². The van der Waals surface area contributed by atoms with Gasteiger partial charge in [0.25, 0.3) is 5.91 Å². The van der Waals surface area contributed by atoms with Gasteiger partial charge in [-0.15, -0.1) is 0 Å². The summed E-state index contributed by atoms with van der Waals surface area (Å²) in [6, 6.07) is 12.4. The van der Waals surface area contributed by atoms with Gasteiger partial charge in [-0.05, 0) is 55.8 Å². The lowest BCUT2D eigenvalue weighted by molar-refractivity contribution is 0.102. The summed E-state index contributed by atoms with van der Waals surface area (Å²) in [5.74, 6) is -0.337. The first-order chi connectivity index (χ1) is 11.3. The van der Waals surface area contributed by atoms with Gasteiger partial charge in [-0.3, -0.25) is 4.79 Å². The fourth-order valence-electron chi connectivity index (χ4n) is 1.97. The van der Waals surface area contributed by atoms with Crippen LogP contribution in [0.1, 0.15) is 30.6 Å². The topological polar surface area (TPSA) is 75.3 Å². The van der Waals surface area contributed by atoms with Gasteiger partial charge in [0.05, 0.1) is 4.90 Å². The second kappa shape index (κ2) is 7.79. The molecule has 0 radical (unpaired) electrons. The number of nitrogens with one attached hydrogen (secondary N) is 2. The maximum Gasteiger partial charge on any atom is 0.255 e. The monoisotopic (exact) mass is 366 g/mol. The molecular formula is C17H19ClN2O3S. The zero-order valence-corrected chi connectivity index (χ0v) is 15.0. The van der Waals surface area contributed by atoms with E-state index in [1.165, 1.54) is 24.3 Å². The van der Waals surface area contributed by atoms with Crippen LogP contribution in [0.2, 0.25) is 5.02 Å². The highest BCUT2D eigenvalue weighted by Gasteiger charge is 2.17. The number of benzene rings is 2. The third-order valence-electron chi connectivity index (χ3n) is 3.48. The van der Waals surface area contributed by atoms with Gasteiger partial charge in [0.2, 0.25) is 10.0 Å². The number of hydrogen-bond acceptors (Lipinski definition) is 3. The van der Waals surface area contributed by atoms with Crippen molar-refractivity contribution in [2.24, 2.45) is 0 Å². The largest absolute Gasteiger partial charge is 0.322 e. The Bertz CT molecular complexity index is 820. The Balaban J connectivity index is 2.12. The minimum Gasteiger partial charge on any atom is -0.322 e. The van der Waals surface area contributed by atoms with E-state index in [1.54, 1.807) is 31.2 Å². The molecule has 0 fully saturated rings. The molecule has 0 aromatic heterocycles. The summed E-state index contributed by atoms with van der Waals surface area (Å²) >= 11 is 5.87. The normalized spacial score (nSPS) is 12.6. The molecule has 0 saturated heterocycles. The van der Waals surface area contributed by atoms with E-state index in [4.69, 9.17) is 11.6 Å². The molecule has 2 rings (SSSR count). The van der Waals surface area contributed by atoms with Gasteiger partial charge >= 0.3 is 0 Å². The predicted octanol–water partition coefficient (Wildman–Crippen LogP) is 3.67. The van der Waals surface area contributed by atoms with Crippen molar-refractivity contribution < 1.29 is 13.2 Å². The molecule has 24 heavy (non-hydrogen) atoms. The molecule has 5 nitrogen and oxygen atoms in total. The number of amides is 1. The molecule has 0 spiro atoms. The highest BCUT2D eigenvalue weighted by Crippen LogP contribution is 2.17. The van der Waals surface area contributed by atoms with E-state index in [-0.39, 0.29) is 16.8 Å². The van der Waals surface area contributed by atoms with Crippen molar-refractivity contribution >= 4 is 33.2 Å². The zero-order chi connectivity index (χ0) is 17.7. The van der Waals surface area contributed by atoms with E-state index in [9.17, 15) is 13.2 Å². The maximum absolute atomic E-state index is 12.2. The van der Waals surface area contributed by atoms with E-state index in [2.05, 4.69) is 10.0 Å². The average molecular weight is 367 g/mol. The summed E-state index contributed by atoms with van der Waals surface area (Å²) in [6.07, 6.45) is 0.694. The summed E-state index contributed by atoms with van der Waals surface area (Å²) in [4.78, 5) is 12.3. The molecule has 0 aliphatic carbocycles. The van der Waals surface area contributed by atoms with Crippen LogP contribution in [0.5, 0.6) is 0 Å². The Kier molecular flexibility index (Phi) is 5.99. The summed E-state index contributed by atoms with van der Waals surface area (Å²) in [6.45, 7) is 3.70. The third-order valence-corrected chi connectivity index (χ3v) is 5.32. The predicted molar refractivity (Wildman–Crippen MR) is 95.9 cm³/mol. The molecule has 7 heteroatoms. The Morgan fingerprint density at radius 2 is 1.83 bits per heavy atom. The number of anilines is 1. The van der Waals surface area contributed by atoms with E-state index in [0.29, 0.717) is 22.7 Å². The summed E-state index contributed by atoms with van der Waals surface area (Å²) in [7, 11) is -3.58. The lowest BCUT2D eigenvalue weighted by atomic mass is 10.2. The van der Waals surface area contributed by atoms with Crippen LogP contribution in [0.15, 0.2) is 53.4 Å². The Labute approximate surface area is 147 Å². The molecule has 0 saturated carbocycles. The Morgan fingerprint density at radius 1 is 1.17 bits per heavy atom. The lowest BCUT2D eigenvalue weighted by Crippen LogP contribution is -2.32. The van der Waals surface area contributed by atoms with Crippen molar-refractivity contribution in [2.45, 2.75) is 31.2 Å². The quantitative estimate of drug-likeness (QED) is 0.819. The maximum atomic E-state index is 12.2. The van der Waals surface area contributed by atoms with E-state index in [1.807, 2.05) is 6.92 Å². The highest BCUT2D eigenvalue weighted by molar-refractivity contribution is 7.89. The smallest absolute Gasteiger partial charge is 0.255 e. The second-order valence-corrected chi connectivity index (χ2v) is 7.57. The van der Waals surface area contributed by atoms with Crippen molar-refractivity contribution in [1.29, 1.82) is 0 Å². The van der Waals surface area contributed by atoms with Crippen LogP contribution in [-0.4, -0.2) is 20.4 Å². The van der Waals surface area contributed by atoms with Crippen molar-refractivity contribution in [3.05, 3.63) is 59.1 Å². The number of carbonyl (C=O) groups is 1. The van der Waals surface area contributed by atoms with Crippen molar-refractivity contribution in [2.75, 3.05) is 5.32 Å². The molecule has 0 heterocycles. The van der Waals surface area contributed by atoms with Gasteiger partial charge in [-0.25, -0.2) is 13.1 Å². The van der Waals surface area contributed by atoms with Gasteiger partial charge in [-0.1, -0.05) is 24.6 Å². The molecule has 2 N–H and O–H groups in total. The SMILES string of the molecule is CC[C@H](C)NS(=O)(=O)c1ccc(C(=O)Nc2cccc(Cl)c2)cc1. The second-order valence-electron chi connectivity index (χ2n) is 5.42. The molecule has 2 aromatic rings. The van der Waals surface area contributed by atoms with Gasteiger partial charge in [0.1, 0.15) is 0 Å². The van der Waals surface area contributed by atoms with Crippen molar-refractivity contribution in [3.8, 4) is 0 Å². The Morgan fingerprint density at radius 3 is 2.42 bits per heavy atom. The molecule has 1 atom stereocenters. The number of hydrogen-bond donors (Lipinski definition) is 2. The highest BCUT2D eigenvalue weighted by atomic mass is 35.5. The zero-order valence-electron chi connectivity index (χ0n) is 13.4. The van der Waals surface area contributed by atoms with Gasteiger partial charge in [0, 0.05) is 22.3 Å². The molecule has 128 valence electrons. The van der Waals surface area contributed by atoms with Crippen LogP contribution in [0.4, 0.5) is 5.69 Å². The number of rotatable bonds is 6. The Hall–Kier alpha value is -1.89. The molecular weight excluding hydrogens is 348 g/mol. The van der Waals surface area contributed by atoms with Gasteiger partial charge in [-0.2, -0.15) is 0 Å². The molecule has 0 aliphatic heterocycles. The molecule has 2 aromatic carbocycles. The summed E-state index contributed by atoms with van der Waals surface area (Å²) in [5, 5.41) is 3.23.